The first kappa shape index (κ1) is 21.1. The monoisotopic (exact) mass is 456 g/mol. The van der Waals surface area contributed by atoms with Crippen LogP contribution in [0.15, 0.2) is 83.9 Å². The summed E-state index contributed by atoms with van der Waals surface area (Å²) < 4.78 is 41.0. The van der Waals surface area contributed by atoms with Gasteiger partial charge in [0.25, 0.3) is 0 Å². The number of halogens is 2. The summed E-state index contributed by atoms with van der Waals surface area (Å²) in [6, 6.07) is 19.2. The smallest absolute Gasteiger partial charge is 0.244 e. The van der Waals surface area contributed by atoms with E-state index in [4.69, 9.17) is 11.6 Å². The molecule has 3 aromatic carbocycles. The molecular weight excluding hydrogens is 439 g/mol. The molecule has 1 heterocycles. The van der Waals surface area contributed by atoms with Gasteiger partial charge in [0.05, 0.1) is 10.6 Å². The Morgan fingerprint density at radius 1 is 1.00 bits per heavy atom. The molecule has 0 spiro atoms. The van der Waals surface area contributed by atoms with Crippen molar-refractivity contribution in [3.8, 4) is 0 Å². The molecule has 8 heteroatoms. The molecule has 0 aliphatic carbocycles. The predicted molar refractivity (Wildman–Crippen MR) is 119 cm³/mol. The lowest BCUT2D eigenvalue weighted by Crippen LogP contribution is -2.18. The molecule has 0 fully saturated rings. The second-order valence-electron chi connectivity index (χ2n) is 7.08. The molecule has 0 saturated carbocycles. The van der Waals surface area contributed by atoms with E-state index < -0.39 is 15.7 Å². The Balaban J connectivity index is 1.64. The number of hydrogen-bond donors (Lipinski definition) is 1. The first-order valence-corrected chi connectivity index (χ1v) is 11.5. The first-order valence-electron chi connectivity index (χ1n) is 9.42. The van der Waals surface area contributed by atoms with E-state index in [9.17, 15) is 17.6 Å². The van der Waals surface area contributed by atoms with E-state index in [0.717, 1.165) is 0 Å². The van der Waals surface area contributed by atoms with Gasteiger partial charge in [0.1, 0.15) is 12.4 Å². The minimum Gasteiger partial charge on any atom is -0.337 e. The number of hydrogen-bond acceptors (Lipinski definition) is 3. The summed E-state index contributed by atoms with van der Waals surface area (Å²) in [7, 11) is -3.69. The maximum Gasteiger partial charge on any atom is 0.244 e. The van der Waals surface area contributed by atoms with Crippen LogP contribution in [0.3, 0.4) is 0 Å². The number of para-hydroxylation sites is 1. The number of aromatic nitrogens is 1. The number of nitrogens with one attached hydrogen (secondary N) is 1. The van der Waals surface area contributed by atoms with Crippen molar-refractivity contribution in [2.24, 2.45) is 0 Å². The summed E-state index contributed by atoms with van der Waals surface area (Å²) >= 11 is 5.99. The molecule has 5 nitrogen and oxygen atoms in total. The number of rotatable bonds is 6. The highest BCUT2D eigenvalue weighted by molar-refractivity contribution is 7.90. The van der Waals surface area contributed by atoms with Crippen LogP contribution in [0.4, 0.5) is 10.1 Å². The van der Waals surface area contributed by atoms with E-state index >= 15 is 0 Å². The molecule has 0 unspecified atom stereocenters. The van der Waals surface area contributed by atoms with Crippen LogP contribution < -0.4 is 5.32 Å². The highest BCUT2D eigenvalue weighted by Gasteiger charge is 2.22. The molecule has 0 saturated heterocycles. The number of nitrogens with zero attached hydrogens (tertiary/aromatic N) is 1. The van der Waals surface area contributed by atoms with Gasteiger partial charge < -0.3 is 9.88 Å². The second kappa shape index (κ2) is 8.53. The number of amides is 1. The highest BCUT2D eigenvalue weighted by atomic mass is 35.5. The Hall–Kier alpha value is -3.16. The molecule has 0 aliphatic rings. The quantitative estimate of drug-likeness (QED) is 0.441. The standard InChI is InChI=1S/C23H18ClFN2O3S/c24-17-5-3-4-16(12-17)15-31(29,30)22-13-27(21-7-2-1-6-20(21)22)14-23(28)26-19-10-8-18(25)9-11-19/h1-13H,14-15H2,(H,26,28). The van der Waals surface area contributed by atoms with E-state index in [-0.39, 0.29) is 23.1 Å². The minimum absolute atomic E-state index is 0.0927. The van der Waals surface area contributed by atoms with Gasteiger partial charge in [-0.25, -0.2) is 12.8 Å². The van der Waals surface area contributed by atoms with Crippen LogP contribution in [-0.2, 0) is 26.9 Å². The highest BCUT2D eigenvalue weighted by Crippen LogP contribution is 2.28. The van der Waals surface area contributed by atoms with Crippen molar-refractivity contribution < 1.29 is 17.6 Å². The maximum atomic E-state index is 13.2. The van der Waals surface area contributed by atoms with Crippen molar-refractivity contribution in [3.63, 3.8) is 0 Å². The van der Waals surface area contributed by atoms with Crippen LogP contribution in [0.1, 0.15) is 5.56 Å². The lowest BCUT2D eigenvalue weighted by molar-refractivity contribution is -0.116. The van der Waals surface area contributed by atoms with Crippen molar-refractivity contribution >= 4 is 43.9 Å². The van der Waals surface area contributed by atoms with Gasteiger partial charge in [0, 0.05) is 27.8 Å². The molecule has 0 aliphatic heterocycles. The Morgan fingerprint density at radius 2 is 1.74 bits per heavy atom. The van der Waals surface area contributed by atoms with Crippen molar-refractivity contribution in [2.75, 3.05) is 5.32 Å². The van der Waals surface area contributed by atoms with Crippen LogP contribution in [-0.4, -0.2) is 18.9 Å². The average molecular weight is 457 g/mol. The van der Waals surface area contributed by atoms with Gasteiger partial charge in [-0.1, -0.05) is 41.9 Å². The van der Waals surface area contributed by atoms with Gasteiger partial charge in [0.15, 0.2) is 9.84 Å². The Bertz CT molecular complexity index is 1370. The minimum atomic E-state index is -3.69. The van der Waals surface area contributed by atoms with Crippen molar-refractivity contribution in [1.82, 2.24) is 4.57 Å². The van der Waals surface area contributed by atoms with E-state index in [2.05, 4.69) is 5.32 Å². The maximum absolute atomic E-state index is 13.2. The zero-order chi connectivity index (χ0) is 22.0. The second-order valence-corrected chi connectivity index (χ2v) is 9.48. The number of sulfone groups is 1. The van der Waals surface area contributed by atoms with E-state index in [0.29, 0.717) is 27.2 Å². The number of benzene rings is 3. The molecular formula is C23H18ClFN2O3S. The molecule has 31 heavy (non-hydrogen) atoms. The fraction of sp³-hybridized carbons (Fsp3) is 0.0870. The van der Waals surface area contributed by atoms with Crippen molar-refractivity contribution in [3.05, 3.63) is 95.4 Å². The number of fused-ring (bicyclic) bond motifs is 1. The first-order chi connectivity index (χ1) is 14.8. The predicted octanol–water partition coefficient (Wildman–Crippen LogP) is 5.05. The molecule has 1 N–H and O–H groups in total. The number of carbonyl (C=O) groups is 1. The third-order valence-corrected chi connectivity index (χ3v) is 6.72. The zero-order valence-corrected chi connectivity index (χ0v) is 17.8. The number of carbonyl (C=O) groups excluding carboxylic acids is 1. The molecule has 4 rings (SSSR count). The summed E-state index contributed by atoms with van der Waals surface area (Å²) in [6.45, 7) is -0.0927. The van der Waals surface area contributed by atoms with E-state index in [1.165, 1.54) is 30.5 Å². The van der Waals surface area contributed by atoms with Crippen LogP contribution in [0.25, 0.3) is 10.9 Å². The zero-order valence-electron chi connectivity index (χ0n) is 16.3. The van der Waals surface area contributed by atoms with Crippen LogP contribution >= 0.6 is 11.6 Å². The van der Waals surface area contributed by atoms with Crippen LogP contribution in [0, 0.1) is 5.82 Å². The molecule has 1 amide bonds. The third kappa shape index (κ3) is 4.78. The lowest BCUT2D eigenvalue weighted by atomic mass is 10.2. The SMILES string of the molecule is O=C(Cn1cc(S(=O)(=O)Cc2cccc(Cl)c2)c2ccccc21)Nc1ccc(F)cc1. The fourth-order valence-corrected chi connectivity index (χ4v) is 5.19. The normalized spacial score (nSPS) is 11.5. The van der Waals surface area contributed by atoms with Gasteiger partial charge in [-0.2, -0.15) is 0 Å². The van der Waals surface area contributed by atoms with E-state index in [1.807, 2.05) is 0 Å². The molecule has 1 aromatic heterocycles. The topological polar surface area (TPSA) is 68.2 Å². The summed E-state index contributed by atoms with van der Waals surface area (Å²) in [6.07, 6.45) is 1.48. The summed E-state index contributed by atoms with van der Waals surface area (Å²) in [5.74, 6) is -0.960. The van der Waals surface area contributed by atoms with Crippen LogP contribution in [0.5, 0.6) is 0 Å². The Kier molecular flexibility index (Phi) is 5.80. The molecule has 0 radical (unpaired) electrons. The number of anilines is 1. The van der Waals surface area contributed by atoms with Crippen LogP contribution in [0.2, 0.25) is 5.02 Å². The van der Waals surface area contributed by atoms with Gasteiger partial charge in [-0.15, -0.1) is 0 Å². The van der Waals surface area contributed by atoms with Gasteiger partial charge in [0.2, 0.25) is 5.91 Å². The molecule has 0 bridgehead atoms. The average Bonchev–Trinajstić information content (AvgIpc) is 3.09. The largest absolute Gasteiger partial charge is 0.337 e. The van der Waals surface area contributed by atoms with Gasteiger partial charge in [-0.05, 0) is 48.0 Å². The fourth-order valence-electron chi connectivity index (χ4n) is 3.40. The van der Waals surface area contributed by atoms with Gasteiger partial charge in [-0.3, -0.25) is 4.79 Å². The Morgan fingerprint density at radius 3 is 2.48 bits per heavy atom. The van der Waals surface area contributed by atoms with Crippen molar-refractivity contribution in [2.45, 2.75) is 17.2 Å². The summed E-state index contributed by atoms with van der Waals surface area (Å²) in [4.78, 5) is 12.7. The van der Waals surface area contributed by atoms with E-state index in [1.54, 1.807) is 53.1 Å². The van der Waals surface area contributed by atoms with Gasteiger partial charge >= 0.3 is 0 Å². The summed E-state index contributed by atoms with van der Waals surface area (Å²) in [5, 5.41) is 3.69. The summed E-state index contributed by atoms with van der Waals surface area (Å²) in [5.41, 5.74) is 1.66. The van der Waals surface area contributed by atoms with Crippen molar-refractivity contribution in [1.29, 1.82) is 0 Å². The molecule has 158 valence electrons. The molecule has 0 atom stereocenters. The lowest BCUT2D eigenvalue weighted by Gasteiger charge is -2.07. The Labute approximate surface area is 184 Å². The third-order valence-electron chi connectivity index (χ3n) is 4.77. The molecule has 4 aromatic rings.